The number of H-pyrrole nitrogens is 1. The van der Waals surface area contributed by atoms with Gasteiger partial charge in [-0.2, -0.15) is 0 Å². The molecular weight excluding hydrogens is 713 g/mol. The van der Waals surface area contributed by atoms with Crippen LogP contribution in [0.15, 0.2) is 54.9 Å². The number of nitrogens with zero attached hydrogens (tertiary/aromatic N) is 5. The van der Waals surface area contributed by atoms with Gasteiger partial charge in [0.05, 0.1) is 34.5 Å². The van der Waals surface area contributed by atoms with E-state index >= 15 is 0 Å². The van der Waals surface area contributed by atoms with Crippen LogP contribution in [-0.2, 0) is 9.59 Å². The van der Waals surface area contributed by atoms with E-state index < -0.39 is 29.7 Å². The van der Waals surface area contributed by atoms with Gasteiger partial charge in [-0.15, -0.1) is 0 Å². The van der Waals surface area contributed by atoms with Crippen LogP contribution in [0, 0.1) is 5.92 Å². The molecule has 4 aliphatic heterocycles. The van der Waals surface area contributed by atoms with E-state index in [1.165, 1.54) is 18.3 Å². The van der Waals surface area contributed by atoms with Crippen molar-refractivity contribution >= 4 is 51.9 Å². The summed E-state index contributed by atoms with van der Waals surface area (Å²) in [6.45, 7) is 11.0. The molecule has 0 aliphatic carbocycles. The molecule has 7 heterocycles. The number of hydrogen-bond donors (Lipinski definition) is 3. The van der Waals surface area contributed by atoms with Gasteiger partial charge in [-0.1, -0.05) is 33.8 Å². The fourth-order valence-corrected chi connectivity index (χ4v) is 7.94. The molecule has 2 atom stereocenters. The summed E-state index contributed by atoms with van der Waals surface area (Å²) >= 11 is 0. The molecule has 0 radical (unpaired) electrons. The summed E-state index contributed by atoms with van der Waals surface area (Å²) in [6.07, 6.45) is 8.34. The average Bonchev–Trinajstić information content (AvgIpc) is 3.92. The van der Waals surface area contributed by atoms with Gasteiger partial charge in [0.2, 0.25) is 17.7 Å². The average molecular weight is 765 g/mol. The third-order valence-electron chi connectivity index (χ3n) is 10.8. The van der Waals surface area contributed by atoms with Crippen LogP contribution < -0.4 is 20.3 Å². The lowest BCUT2D eigenvalue weighted by Crippen LogP contribution is -2.54. The Bertz CT molecular complexity index is 2070. The second-order valence-electron chi connectivity index (χ2n) is 14.1. The molecule has 3 aromatic heterocycles. The van der Waals surface area contributed by atoms with Crippen LogP contribution in [-0.4, -0.2) is 93.6 Å². The van der Waals surface area contributed by atoms with Crippen molar-refractivity contribution in [2.45, 2.75) is 84.7 Å². The van der Waals surface area contributed by atoms with E-state index in [1.54, 1.807) is 30.5 Å². The van der Waals surface area contributed by atoms with Crippen molar-refractivity contribution < 1.29 is 28.7 Å². The van der Waals surface area contributed by atoms with Gasteiger partial charge >= 0.3 is 0 Å². The molecule has 0 saturated carbocycles. The standard InChI is InChI=1S/C38H40N8O6.2C2H6/c1-44-14-3-6-28(44)27-18-24-21-39-31(19-26(24)41-27)42-35(48)23-7-10-33(40-20-23)52-17-13-22-11-15-45(16-12-22)29-5-2-4-25-34(29)38(51)46(37(25)50)30-8-9-32(47)43-36(30)49;2*1-2/h2,4-5,7,10,18-22,28,30,41H,3,6,8-9,11-17H2,1H3,(H,39,42,48)(H,43,47,49);2*1-2H3. The second-order valence-corrected chi connectivity index (χ2v) is 14.1. The number of benzene rings is 1. The molecule has 14 nitrogen and oxygen atoms in total. The van der Waals surface area contributed by atoms with Crippen molar-refractivity contribution in [3.8, 4) is 5.88 Å². The third kappa shape index (κ3) is 8.30. The fourth-order valence-electron chi connectivity index (χ4n) is 7.94. The van der Waals surface area contributed by atoms with Crippen LogP contribution >= 0.6 is 0 Å². The number of aromatic amines is 1. The Balaban J connectivity index is 0.00000129. The van der Waals surface area contributed by atoms with Gasteiger partial charge in [0.15, 0.2) is 0 Å². The number of likely N-dealkylation sites (tertiary alicyclic amines) is 1. The molecule has 0 spiro atoms. The zero-order chi connectivity index (χ0) is 39.9. The quantitative estimate of drug-likeness (QED) is 0.169. The lowest BCUT2D eigenvalue weighted by atomic mass is 9.93. The molecule has 4 aliphatic rings. The zero-order valence-electron chi connectivity index (χ0n) is 32.9. The smallest absolute Gasteiger partial charge is 0.264 e. The summed E-state index contributed by atoms with van der Waals surface area (Å²) in [5.74, 6) is -1.02. The highest BCUT2D eigenvalue weighted by molar-refractivity contribution is 6.25. The largest absolute Gasteiger partial charge is 0.478 e. The number of nitrogens with one attached hydrogen (secondary N) is 3. The van der Waals surface area contributed by atoms with Gasteiger partial charge in [-0.25, -0.2) is 9.97 Å². The first kappa shape index (κ1) is 40.0. The lowest BCUT2D eigenvalue weighted by Gasteiger charge is -2.34. The van der Waals surface area contributed by atoms with Crippen LogP contribution in [0.1, 0.15) is 115 Å². The number of carbonyl (C=O) groups excluding carboxylic acids is 5. The molecule has 3 saturated heterocycles. The fraction of sp³-hybridized carbons (Fsp3) is 0.452. The third-order valence-corrected chi connectivity index (χ3v) is 10.8. The van der Waals surface area contributed by atoms with Gasteiger partial charge in [0, 0.05) is 61.2 Å². The molecule has 2 unspecified atom stereocenters. The van der Waals surface area contributed by atoms with Crippen LogP contribution in [0.5, 0.6) is 5.88 Å². The summed E-state index contributed by atoms with van der Waals surface area (Å²) in [4.78, 5) is 81.6. The number of imide groups is 2. The van der Waals surface area contributed by atoms with Crippen molar-refractivity contribution in [3.63, 3.8) is 0 Å². The predicted octanol–water partition coefficient (Wildman–Crippen LogP) is 6.12. The minimum absolute atomic E-state index is 0.0798. The Hall–Kier alpha value is -5.63. The molecular formula is C42H52N8O6. The van der Waals surface area contributed by atoms with Gasteiger partial charge in [0.25, 0.3) is 17.7 Å². The van der Waals surface area contributed by atoms with Crippen molar-refractivity contribution in [1.82, 2.24) is 30.1 Å². The van der Waals surface area contributed by atoms with Crippen molar-refractivity contribution in [2.75, 3.05) is 43.5 Å². The topological polar surface area (TPSA) is 170 Å². The van der Waals surface area contributed by atoms with Crippen LogP contribution in [0.2, 0.25) is 0 Å². The summed E-state index contributed by atoms with van der Waals surface area (Å²) in [5, 5.41) is 6.12. The number of anilines is 2. The predicted molar refractivity (Wildman–Crippen MR) is 214 cm³/mol. The highest BCUT2D eigenvalue weighted by atomic mass is 16.5. The number of rotatable bonds is 9. The van der Waals surface area contributed by atoms with Crippen molar-refractivity contribution in [2.24, 2.45) is 5.92 Å². The van der Waals surface area contributed by atoms with Crippen LogP contribution in [0.25, 0.3) is 10.9 Å². The molecule has 0 bridgehead atoms. The summed E-state index contributed by atoms with van der Waals surface area (Å²) in [6, 6.07) is 12.0. The number of pyridine rings is 2. The zero-order valence-corrected chi connectivity index (χ0v) is 32.9. The Morgan fingerprint density at radius 3 is 2.38 bits per heavy atom. The first-order chi connectivity index (χ1) is 27.2. The lowest BCUT2D eigenvalue weighted by molar-refractivity contribution is -0.136. The summed E-state index contributed by atoms with van der Waals surface area (Å²) in [5.41, 5.74) is 3.79. The maximum Gasteiger partial charge on any atom is 0.264 e. The maximum absolute atomic E-state index is 13.5. The molecule has 56 heavy (non-hydrogen) atoms. The van der Waals surface area contributed by atoms with E-state index in [0.717, 1.165) is 48.0 Å². The number of hydrogen-bond acceptors (Lipinski definition) is 10. The molecule has 14 heteroatoms. The minimum Gasteiger partial charge on any atom is -0.478 e. The first-order valence-corrected chi connectivity index (χ1v) is 19.9. The summed E-state index contributed by atoms with van der Waals surface area (Å²) < 4.78 is 5.93. The van der Waals surface area contributed by atoms with Crippen molar-refractivity contribution in [1.29, 1.82) is 0 Å². The number of ether oxygens (including phenoxy) is 1. The normalized spacial score (nSPS) is 19.9. The van der Waals surface area contributed by atoms with E-state index in [2.05, 4.69) is 48.5 Å². The molecule has 296 valence electrons. The highest BCUT2D eigenvalue weighted by Crippen LogP contribution is 2.36. The van der Waals surface area contributed by atoms with E-state index in [0.29, 0.717) is 60.2 Å². The molecule has 3 fully saturated rings. The second kappa shape index (κ2) is 17.9. The maximum atomic E-state index is 13.5. The van der Waals surface area contributed by atoms with Crippen molar-refractivity contribution in [3.05, 3.63) is 77.2 Å². The Labute approximate surface area is 327 Å². The number of amides is 5. The SMILES string of the molecule is CC.CC.CN1CCCC1c1cc2cnc(NC(=O)c3ccc(OCCC4CCN(c5cccc6c5C(=O)N(C5CCC(=O)NC5=O)C6=O)CC4)nc3)cc2[nH]1. The Morgan fingerprint density at radius 1 is 0.893 bits per heavy atom. The molecule has 4 aromatic rings. The van der Waals surface area contributed by atoms with E-state index in [4.69, 9.17) is 4.74 Å². The number of piperidine rings is 2. The number of fused-ring (bicyclic) bond motifs is 2. The van der Waals surface area contributed by atoms with Gasteiger partial charge < -0.3 is 19.9 Å². The first-order valence-electron chi connectivity index (χ1n) is 19.9. The molecule has 3 N–H and O–H groups in total. The van der Waals surface area contributed by atoms with E-state index in [-0.39, 0.29) is 24.3 Å². The Kier molecular flexibility index (Phi) is 12.8. The van der Waals surface area contributed by atoms with Crippen LogP contribution in [0.3, 0.4) is 0 Å². The Morgan fingerprint density at radius 2 is 1.68 bits per heavy atom. The van der Waals surface area contributed by atoms with E-state index in [9.17, 15) is 24.0 Å². The van der Waals surface area contributed by atoms with Crippen LogP contribution in [0.4, 0.5) is 11.5 Å². The van der Waals surface area contributed by atoms with Gasteiger partial charge in [-0.3, -0.25) is 39.1 Å². The summed E-state index contributed by atoms with van der Waals surface area (Å²) in [7, 11) is 2.14. The van der Waals surface area contributed by atoms with E-state index in [1.807, 2.05) is 39.8 Å². The van der Waals surface area contributed by atoms with Gasteiger partial charge in [-0.05, 0) is 82.3 Å². The highest BCUT2D eigenvalue weighted by Gasteiger charge is 2.46. The monoisotopic (exact) mass is 764 g/mol. The molecule has 5 amide bonds. The van der Waals surface area contributed by atoms with Gasteiger partial charge in [0.1, 0.15) is 11.9 Å². The number of carbonyl (C=O) groups is 5. The minimum atomic E-state index is -0.994. The number of aromatic nitrogens is 3. The molecule has 8 rings (SSSR count). The molecule has 1 aromatic carbocycles.